The van der Waals surface area contributed by atoms with E-state index in [9.17, 15) is 5.11 Å². The Hall–Kier alpha value is -2.04. The van der Waals surface area contributed by atoms with Gasteiger partial charge in [0.25, 0.3) is 0 Å². The number of aliphatic hydroxyl groups is 1. The molecule has 2 rings (SSSR count). The number of allylic oxidation sites excluding steroid dienone is 1. The third kappa shape index (κ3) is 6.36. The van der Waals surface area contributed by atoms with Crippen molar-refractivity contribution in [3.8, 4) is 0 Å². The standard InChI is InChI=1S/C16H23N5O3S2/c1-4-21(5-2)26-14(10-22)25-11-12(3)18-16-15(19-24-20-16)17-9-13-7-6-8-23-13/h6-8,10-11,22H,4-5,9H2,1-3H3,(H,17,19)(H,18,20)/b12-11+,14-10-. The maximum atomic E-state index is 9.40. The summed E-state index contributed by atoms with van der Waals surface area (Å²) in [6, 6.07) is 3.69. The summed E-state index contributed by atoms with van der Waals surface area (Å²) in [6.07, 6.45) is 2.73. The molecule has 3 N–H and O–H groups in total. The van der Waals surface area contributed by atoms with Crippen molar-refractivity contribution in [3.05, 3.63) is 45.8 Å². The Morgan fingerprint density at radius 1 is 1.31 bits per heavy atom. The third-order valence-electron chi connectivity index (χ3n) is 3.20. The molecular weight excluding hydrogens is 374 g/mol. The van der Waals surface area contributed by atoms with Gasteiger partial charge in [-0.2, -0.15) is 0 Å². The minimum absolute atomic E-state index is 0.477. The average molecular weight is 398 g/mol. The van der Waals surface area contributed by atoms with Crippen LogP contribution >= 0.6 is 23.7 Å². The van der Waals surface area contributed by atoms with Crippen molar-refractivity contribution in [1.82, 2.24) is 14.6 Å². The van der Waals surface area contributed by atoms with Crippen molar-refractivity contribution in [3.63, 3.8) is 0 Å². The van der Waals surface area contributed by atoms with E-state index in [0.717, 1.165) is 35.0 Å². The van der Waals surface area contributed by atoms with Crippen LogP contribution in [-0.4, -0.2) is 32.8 Å². The number of furan rings is 1. The number of hydrogen-bond donors (Lipinski definition) is 3. The van der Waals surface area contributed by atoms with E-state index in [1.807, 2.05) is 24.5 Å². The molecule has 0 aromatic carbocycles. The molecule has 0 unspecified atom stereocenters. The van der Waals surface area contributed by atoms with Gasteiger partial charge in [0.15, 0.2) is 0 Å². The highest BCUT2D eigenvalue weighted by atomic mass is 32.2. The van der Waals surface area contributed by atoms with E-state index in [1.54, 1.807) is 6.26 Å². The summed E-state index contributed by atoms with van der Waals surface area (Å²) in [5.74, 6) is 1.76. The van der Waals surface area contributed by atoms with Gasteiger partial charge in [-0.15, -0.1) is 0 Å². The fourth-order valence-electron chi connectivity index (χ4n) is 1.89. The predicted molar refractivity (Wildman–Crippen MR) is 107 cm³/mol. The summed E-state index contributed by atoms with van der Waals surface area (Å²) >= 11 is 2.94. The highest BCUT2D eigenvalue weighted by Crippen LogP contribution is 2.32. The van der Waals surface area contributed by atoms with Gasteiger partial charge in [0, 0.05) is 18.8 Å². The number of aliphatic hydroxyl groups excluding tert-OH is 1. The number of anilines is 2. The van der Waals surface area contributed by atoms with Crippen LogP contribution in [0.25, 0.3) is 0 Å². The summed E-state index contributed by atoms with van der Waals surface area (Å²) in [6.45, 7) is 8.33. The Bertz CT molecular complexity index is 711. The summed E-state index contributed by atoms with van der Waals surface area (Å²) in [7, 11) is 0. The highest BCUT2D eigenvalue weighted by molar-refractivity contribution is 8.22. The smallest absolute Gasteiger partial charge is 0.219 e. The van der Waals surface area contributed by atoms with E-state index in [0.29, 0.717) is 18.2 Å². The lowest BCUT2D eigenvalue weighted by Gasteiger charge is -2.16. The van der Waals surface area contributed by atoms with Crippen LogP contribution < -0.4 is 10.6 Å². The largest absolute Gasteiger partial charge is 0.514 e. The fraction of sp³-hybridized carbons (Fsp3) is 0.375. The zero-order chi connectivity index (χ0) is 18.8. The normalized spacial score (nSPS) is 12.6. The molecule has 0 atom stereocenters. The first-order chi connectivity index (χ1) is 12.7. The zero-order valence-electron chi connectivity index (χ0n) is 14.9. The molecule has 0 aliphatic carbocycles. The van der Waals surface area contributed by atoms with E-state index in [4.69, 9.17) is 9.05 Å². The van der Waals surface area contributed by atoms with Crippen LogP contribution in [0, 0.1) is 0 Å². The molecule has 142 valence electrons. The lowest BCUT2D eigenvalue weighted by molar-refractivity contribution is 0.310. The Morgan fingerprint density at radius 2 is 2.08 bits per heavy atom. The number of nitrogens with zero attached hydrogens (tertiary/aromatic N) is 3. The summed E-state index contributed by atoms with van der Waals surface area (Å²) in [4.78, 5) is 0. The molecule has 0 bridgehead atoms. The van der Waals surface area contributed by atoms with Crippen molar-refractivity contribution in [1.29, 1.82) is 0 Å². The molecular formula is C16H23N5O3S2. The van der Waals surface area contributed by atoms with E-state index >= 15 is 0 Å². The Morgan fingerprint density at radius 3 is 2.73 bits per heavy atom. The number of nitrogens with one attached hydrogen (secondary N) is 2. The quantitative estimate of drug-likeness (QED) is 0.367. The van der Waals surface area contributed by atoms with Gasteiger partial charge in [-0.05, 0) is 46.7 Å². The predicted octanol–water partition coefficient (Wildman–Crippen LogP) is 4.63. The average Bonchev–Trinajstić information content (AvgIpc) is 3.32. The summed E-state index contributed by atoms with van der Waals surface area (Å²) in [5, 5.41) is 25.2. The lowest BCUT2D eigenvalue weighted by Crippen LogP contribution is -2.13. The molecule has 0 aliphatic heterocycles. The lowest BCUT2D eigenvalue weighted by atomic mass is 10.4. The van der Waals surface area contributed by atoms with Gasteiger partial charge < -0.3 is 20.2 Å². The number of aromatic nitrogens is 2. The molecule has 0 saturated carbocycles. The maximum Gasteiger partial charge on any atom is 0.219 e. The van der Waals surface area contributed by atoms with Gasteiger partial charge in [-0.1, -0.05) is 25.6 Å². The van der Waals surface area contributed by atoms with Gasteiger partial charge >= 0.3 is 0 Å². The van der Waals surface area contributed by atoms with Crippen molar-refractivity contribution >= 4 is 35.3 Å². The van der Waals surface area contributed by atoms with Crippen molar-refractivity contribution in [2.45, 2.75) is 27.3 Å². The molecule has 2 heterocycles. The molecule has 0 aliphatic rings. The summed E-state index contributed by atoms with van der Waals surface area (Å²) in [5.41, 5.74) is 0.839. The monoisotopic (exact) mass is 397 g/mol. The van der Waals surface area contributed by atoms with Gasteiger partial charge in [-0.3, -0.25) is 0 Å². The van der Waals surface area contributed by atoms with E-state index < -0.39 is 0 Å². The van der Waals surface area contributed by atoms with Crippen molar-refractivity contribution < 1.29 is 14.2 Å². The second-order valence-electron chi connectivity index (χ2n) is 5.09. The first-order valence-electron chi connectivity index (χ1n) is 8.12. The summed E-state index contributed by atoms with van der Waals surface area (Å²) < 4.78 is 13.0. The van der Waals surface area contributed by atoms with E-state index in [2.05, 4.69) is 39.1 Å². The molecule has 2 aromatic rings. The molecule has 0 fully saturated rings. The first kappa shape index (κ1) is 20.3. The topological polar surface area (TPSA) is 99.6 Å². The van der Waals surface area contributed by atoms with Crippen LogP contribution in [0.15, 0.2) is 49.0 Å². The van der Waals surface area contributed by atoms with Gasteiger partial charge in [0.1, 0.15) is 12.0 Å². The number of hydrogen-bond acceptors (Lipinski definition) is 10. The van der Waals surface area contributed by atoms with Gasteiger partial charge in [0.05, 0.1) is 17.0 Å². The van der Waals surface area contributed by atoms with Gasteiger partial charge in [-0.25, -0.2) is 8.93 Å². The van der Waals surface area contributed by atoms with Crippen molar-refractivity contribution in [2.75, 3.05) is 23.7 Å². The van der Waals surface area contributed by atoms with Crippen LogP contribution in [0.1, 0.15) is 26.5 Å². The van der Waals surface area contributed by atoms with E-state index in [1.165, 1.54) is 23.7 Å². The molecule has 0 amide bonds. The van der Waals surface area contributed by atoms with Crippen LogP contribution in [0.2, 0.25) is 0 Å². The number of thioether (sulfide) groups is 1. The van der Waals surface area contributed by atoms with Gasteiger partial charge in [0.2, 0.25) is 11.6 Å². The Kier molecular flexibility index (Phi) is 8.45. The van der Waals surface area contributed by atoms with E-state index in [-0.39, 0.29) is 0 Å². The second kappa shape index (κ2) is 10.8. The SMILES string of the molecule is CCN(CC)S/C(=C\O)S/C=C(\C)Nc1nonc1NCc1ccco1. The fourth-order valence-corrected chi connectivity index (χ4v) is 3.49. The minimum atomic E-state index is 0.477. The second-order valence-corrected chi connectivity index (χ2v) is 7.40. The Balaban J connectivity index is 1.89. The molecule has 10 heteroatoms. The molecule has 0 radical (unpaired) electrons. The molecule has 26 heavy (non-hydrogen) atoms. The maximum absolute atomic E-state index is 9.40. The molecule has 0 spiro atoms. The van der Waals surface area contributed by atoms with Crippen LogP contribution in [0.4, 0.5) is 11.6 Å². The molecule has 0 saturated heterocycles. The first-order valence-corrected chi connectivity index (χ1v) is 9.78. The highest BCUT2D eigenvalue weighted by Gasteiger charge is 2.11. The van der Waals surface area contributed by atoms with Crippen molar-refractivity contribution in [2.24, 2.45) is 0 Å². The number of rotatable bonds is 11. The van der Waals surface area contributed by atoms with Crippen LogP contribution in [-0.2, 0) is 6.54 Å². The zero-order valence-corrected chi connectivity index (χ0v) is 16.6. The Labute approximate surface area is 161 Å². The van der Waals surface area contributed by atoms with Crippen LogP contribution in [0.5, 0.6) is 0 Å². The molecule has 8 nitrogen and oxygen atoms in total. The third-order valence-corrected chi connectivity index (χ3v) is 5.58. The minimum Gasteiger partial charge on any atom is -0.514 e. The van der Waals surface area contributed by atoms with Crippen LogP contribution in [0.3, 0.4) is 0 Å². The molecule has 2 aromatic heterocycles.